The largest absolute Gasteiger partial charge is 0.360 e. The number of hydrogen-bond acceptors (Lipinski definition) is 7. The van der Waals surface area contributed by atoms with Gasteiger partial charge in [-0.1, -0.05) is 12.1 Å². The van der Waals surface area contributed by atoms with E-state index in [2.05, 4.69) is 32.6 Å². The Labute approximate surface area is 126 Å². The van der Waals surface area contributed by atoms with Crippen LogP contribution in [0.15, 0.2) is 30.5 Å². The number of hydrogen-bond donors (Lipinski definition) is 3. The first-order chi connectivity index (χ1) is 10.2. The van der Waals surface area contributed by atoms with Crippen LogP contribution >= 0.6 is 11.3 Å². The third-order valence-corrected chi connectivity index (χ3v) is 4.19. The highest BCUT2D eigenvalue weighted by Gasteiger charge is 2.13. The molecule has 0 fully saturated rings. The minimum atomic E-state index is 0.0626. The minimum Gasteiger partial charge on any atom is -0.360 e. The Kier molecular flexibility index (Phi) is 3.68. The quantitative estimate of drug-likeness (QED) is 0.507. The number of aromatic nitrogens is 3. The van der Waals surface area contributed by atoms with E-state index in [4.69, 9.17) is 5.84 Å². The van der Waals surface area contributed by atoms with Crippen LogP contribution in [0.25, 0.3) is 10.9 Å². The van der Waals surface area contributed by atoms with Gasteiger partial charge in [0, 0.05) is 16.5 Å². The first kappa shape index (κ1) is 13.7. The van der Waals surface area contributed by atoms with E-state index in [1.165, 1.54) is 4.88 Å². The van der Waals surface area contributed by atoms with E-state index >= 15 is 0 Å². The molecule has 3 rings (SSSR count). The molecule has 0 aliphatic heterocycles. The summed E-state index contributed by atoms with van der Waals surface area (Å²) in [5.74, 6) is 6.57. The molecule has 6 nitrogen and oxygen atoms in total. The van der Waals surface area contributed by atoms with Gasteiger partial charge >= 0.3 is 0 Å². The predicted molar refractivity (Wildman–Crippen MR) is 86.2 cm³/mol. The zero-order valence-electron chi connectivity index (χ0n) is 11.8. The molecule has 0 bridgehead atoms. The number of fused-ring (bicyclic) bond motifs is 1. The van der Waals surface area contributed by atoms with Gasteiger partial charge in [0.1, 0.15) is 10.8 Å². The van der Waals surface area contributed by atoms with Crippen molar-refractivity contribution < 1.29 is 0 Å². The lowest BCUT2D eigenvalue weighted by atomic mass is 10.2. The molecular weight excluding hydrogens is 284 g/mol. The number of nitrogens with one attached hydrogen (secondary N) is 2. The Morgan fingerprint density at radius 2 is 2.05 bits per heavy atom. The Morgan fingerprint density at radius 3 is 2.76 bits per heavy atom. The third-order valence-electron chi connectivity index (χ3n) is 3.10. The first-order valence-electron chi connectivity index (χ1n) is 6.59. The van der Waals surface area contributed by atoms with Crippen LogP contribution in [-0.2, 0) is 0 Å². The summed E-state index contributed by atoms with van der Waals surface area (Å²) in [4.78, 5) is 14.3. The van der Waals surface area contributed by atoms with E-state index < -0.39 is 0 Å². The molecule has 7 heteroatoms. The molecule has 0 saturated heterocycles. The summed E-state index contributed by atoms with van der Waals surface area (Å²) in [6.07, 6.45) is 1.88. The van der Waals surface area contributed by atoms with Gasteiger partial charge in [-0.25, -0.2) is 15.8 Å². The van der Waals surface area contributed by atoms with Crippen molar-refractivity contribution >= 4 is 34.0 Å². The van der Waals surface area contributed by atoms with E-state index in [1.807, 2.05) is 37.4 Å². The Hall–Kier alpha value is -2.25. The van der Waals surface area contributed by atoms with Gasteiger partial charge in [-0.15, -0.1) is 11.3 Å². The second kappa shape index (κ2) is 5.63. The number of nitrogens with two attached hydrogens (primary N) is 1. The number of benzene rings is 1. The molecule has 0 radical (unpaired) electrons. The SMILES string of the molecule is Cc1cnc(C(C)Nc2nc(NN)nc3ccccc23)s1. The van der Waals surface area contributed by atoms with Crippen molar-refractivity contribution in [3.05, 3.63) is 40.3 Å². The number of rotatable bonds is 4. The second-order valence-electron chi connectivity index (χ2n) is 4.73. The van der Waals surface area contributed by atoms with E-state index in [1.54, 1.807) is 11.3 Å². The highest BCUT2D eigenvalue weighted by Crippen LogP contribution is 2.27. The molecule has 21 heavy (non-hydrogen) atoms. The fourth-order valence-corrected chi connectivity index (χ4v) is 2.87. The number of nitrogen functional groups attached to an aromatic ring is 1. The highest BCUT2D eigenvalue weighted by atomic mass is 32.1. The summed E-state index contributed by atoms with van der Waals surface area (Å²) >= 11 is 1.67. The summed E-state index contributed by atoms with van der Waals surface area (Å²) in [6, 6.07) is 7.88. The standard InChI is InChI=1S/C14H16N6S/c1-8-7-16-13(21-8)9(2)17-12-10-5-3-4-6-11(10)18-14(19-12)20-15/h3-7,9H,15H2,1-2H3,(H2,17,18,19,20). The number of thiazole rings is 1. The van der Waals surface area contributed by atoms with Gasteiger partial charge in [-0.05, 0) is 26.0 Å². The van der Waals surface area contributed by atoms with Crippen molar-refractivity contribution in [2.75, 3.05) is 10.7 Å². The third kappa shape index (κ3) is 2.79. The molecule has 0 aliphatic rings. The highest BCUT2D eigenvalue weighted by molar-refractivity contribution is 7.11. The molecule has 1 unspecified atom stereocenters. The fraction of sp³-hybridized carbons (Fsp3) is 0.214. The van der Waals surface area contributed by atoms with Crippen LogP contribution in [0, 0.1) is 6.92 Å². The lowest BCUT2D eigenvalue weighted by molar-refractivity contribution is 0.862. The predicted octanol–water partition coefficient (Wildman–Crippen LogP) is 2.85. The van der Waals surface area contributed by atoms with Crippen LogP contribution in [-0.4, -0.2) is 15.0 Å². The van der Waals surface area contributed by atoms with Gasteiger partial charge in [0.25, 0.3) is 0 Å². The zero-order valence-corrected chi connectivity index (χ0v) is 12.6. The molecule has 1 aromatic carbocycles. The summed E-state index contributed by atoms with van der Waals surface area (Å²) in [6.45, 7) is 4.11. The van der Waals surface area contributed by atoms with Gasteiger partial charge in [-0.3, -0.25) is 5.43 Å². The fourth-order valence-electron chi connectivity index (χ4n) is 2.09. The van der Waals surface area contributed by atoms with Crippen LogP contribution < -0.4 is 16.6 Å². The maximum absolute atomic E-state index is 5.44. The van der Waals surface area contributed by atoms with Gasteiger partial charge < -0.3 is 5.32 Å². The second-order valence-corrected chi connectivity index (χ2v) is 6.00. The van der Waals surface area contributed by atoms with Crippen molar-refractivity contribution in [3.8, 4) is 0 Å². The van der Waals surface area contributed by atoms with Crippen molar-refractivity contribution in [2.24, 2.45) is 5.84 Å². The number of hydrazine groups is 1. The van der Waals surface area contributed by atoms with Crippen molar-refractivity contribution in [2.45, 2.75) is 19.9 Å². The van der Waals surface area contributed by atoms with Gasteiger partial charge in [-0.2, -0.15) is 4.98 Å². The summed E-state index contributed by atoms with van der Waals surface area (Å²) in [5, 5.41) is 5.37. The molecule has 2 heterocycles. The lowest BCUT2D eigenvalue weighted by Crippen LogP contribution is -2.14. The van der Waals surface area contributed by atoms with E-state index in [-0.39, 0.29) is 6.04 Å². The number of aryl methyl sites for hydroxylation is 1. The van der Waals surface area contributed by atoms with Crippen LogP contribution in [0.5, 0.6) is 0 Å². The van der Waals surface area contributed by atoms with Gasteiger partial charge in [0.15, 0.2) is 0 Å². The maximum Gasteiger partial charge on any atom is 0.239 e. The monoisotopic (exact) mass is 300 g/mol. The molecule has 0 aliphatic carbocycles. The molecule has 0 saturated carbocycles. The molecule has 1 atom stereocenters. The molecule has 0 spiro atoms. The van der Waals surface area contributed by atoms with Crippen LogP contribution in [0.3, 0.4) is 0 Å². The Bertz CT molecular complexity index is 769. The molecule has 108 valence electrons. The number of para-hydroxylation sites is 1. The topological polar surface area (TPSA) is 88.8 Å². The Balaban J connectivity index is 1.99. The maximum atomic E-state index is 5.44. The normalized spacial score (nSPS) is 12.3. The first-order valence-corrected chi connectivity index (χ1v) is 7.41. The Morgan fingerprint density at radius 1 is 1.24 bits per heavy atom. The van der Waals surface area contributed by atoms with E-state index in [0.717, 1.165) is 21.7 Å². The van der Waals surface area contributed by atoms with E-state index in [0.29, 0.717) is 5.95 Å². The molecule has 4 N–H and O–H groups in total. The van der Waals surface area contributed by atoms with Crippen molar-refractivity contribution in [3.63, 3.8) is 0 Å². The minimum absolute atomic E-state index is 0.0626. The number of nitrogens with zero attached hydrogens (tertiary/aromatic N) is 3. The average molecular weight is 300 g/mol. The summed E-state index contributed by atoms with van der Waals surface area (Å²) < 4.78 is 0. The van der Waals surface area contributed by atoms with E-state index in [9.17, 15) is 0 Å². The van der Waals surface area contributed by atoms with Crippen molar-refractivity contribution in [1.82, 2.24) is 15.0 Å². The number of anilines is 2. The zero-order chi connectivity index (χ0) is 14.8. The van der Waals surface area contributed by atoms with Gasteiger partial charge in [0.05, 0.1) is 11.6 Å². The summed E-state index contributed by atoms with van der Waals surface area (Å²) in [5.41, 5.74) is 3.34. The lowest BCUT2D eigenvalue weighted by Gasteiger charge is -2.14. The average Bonchev–Trinajstić information content (AvgIpc) is 2.93. The van der Waals surface area contributed by atoms with Crippen LogP contribution in [0.1, 0.15) is 22.9 Å². The molecular formula is C14H16N6S. The molecule has 0 amide bonds. The van der Waals surface area contributed by atoms with Crippen molar-refractivity contribution in [1.29, 1.82) is 0 Å². The molecule has 3 aromatic rings. The smallest absolute Gasteiger partial charge is 0.239 e. The molecule has 2 aromatic heterocycles. The van der Waals surface area contributed by atoms with Crippen LogP contribution in [0.4, 0.5) is 11.8 Å². The van der Waals surface area contributed by atoms with Crippen LogP contribution in [0.2, 0.25) is 0 Å². The summed E-state index contributed by atoms with van der Waals surface area (Å²) in [7, 11) is 0. The van der Waals surface area contributed by atoms with Gasteiger partial charge in [0.2, 0.25) is 5.95 Å².